The topological polar surface area (TPSA) is 83.5 Å². The van der Waals surface area contributed by atoms with Crippen molar-refractivity contribution >= 4 is 15.8 Å². The van der Waals surface area contributed by atoms with Gasteiger partial charge in [-0.3, -0.25) is 10.1 Å². The highest BCUT2D eigenvalue weighted by Gasteiger charge is 2.39. The molecule has 2 unspecified atom stereocenters. The standard InChI is InChI=1S/C10H17NO4S/c12-10(13)9-6-16(14,15)5-8(11-9)7-3-1-2-4-7/h7-9,11H,1-6H2,(H,12,13). The fourth-order valence-corrected chi connectivity index (χ4v) is 4.52. The number of hydrogen-bond donors (Lipinski definition) is 2. The summed E-state index contributed by atoms with van der Waals surface area (Å²) in [4.78, 5) is 10.9. The van der Waals surface area contributed by atoms with Gasteiger partial charge < -0.3 is 5.11 Å². The summed E-state index contributed by atoms with van der Waals surface area (Å²) < 4.78 is 23.3. The van der Waals surface area contributed by atoms with E-state index >= 15 is 0 Å². The van der Waals surface area contributed by atoms with Crippen molar-refractivity contribution in [2.75, 3.05) is 11.5 Å². The summed E-state index contributed by atoms with van der Waals surface area (Å²) in [6, 6.07) is -1.09. The Kier molecular flexibility index (Phi) is 3.21. The van der Waals surface area contributed by atoms with Crippen molar-refractivity contribution < 1.29 is 18.3 Å². The van der Waals surface area contributed by atoms with E-state index in [4.69, 9.17) is 5.11 Å². The first-order valence-corrected chi connectivity index (χ1v) is 7.49. The molecule has 0 aromatic heterocycles. The molecule has 2 N–H and O–H groups in total. The number of sulfone groups is 1. The Morgan fingerprint density at radius 3 is 2.38 bits per heavy atom. The van der Waals surface area contributed by atoms with Crippen molar-refractivity contribution in [3.05, 3.63) is 0 Å². The van der Waals surface area contributed by atoms with Gasteiger partial charge in [-0.25, -0.2) is 8.42 Å². The molecule has 2 aliphatic rings. The first kappa shape index (κ1) is 11.9. The molecule has 0 aromatic carbocycles. The van der Waals surface area contributed by atoms with Crippen LogP contribution in [0.1, 0.15) is 25.7 Å². The van der Waals surface area contributed by atoms with Crippen molar-refractivity contribution in [3.8, 4) is 0 Å². The molecule has 5 nitrogen and oxygen atoms in total. The van der Waals surface area contributed by atoms with E-state index in [-0.39, 0.29) is 17.5 Å². The highest BCUT2D eigenvalue weighted by atomic mass is 32.2. The molecule has 92 valence electrons. The third-order valence-electron chi connectivity index (χ3n) is 3.54. The Morgan fingerprint density at radius 2 is 1.81 bits per heavy atom. The minimum absolute atomic E-state index is 0.0987. The first-order chi connectivity index (χ1) is 7.48. The largest absolute Gasteiger partial charge is 0.480 e. The van der Waals surface area contributed by atoms with Gasteiger partial charge >= 0.3 is 5.97 Å². The second kappa shape index (κ2) is 4.33. The van der Waals surface area contributed by atoms with Crippen LogP contribution in [0.2, 0.25) is 0 Å². The quantitative estimate of drug-likeness (QED) is 0.718. The van der Waals surface area contributed by atoms with Crippen molar-refractivity contribution in [1.82, 2.24) is 5.32 Å². The molecule has 1 heterocycles. The van der Waals surface area contributed by atoms with Crippen molar-refractivity contribution in [2.45, 2.75) is 37.8 Å². The molecule has 1 saturated carbocycles. The lowest BCUT2D eigenvalue weighted by molar-refractivity contribution is -0.139. The van der Waals surface area contributed by atoms with Crippen molar-refractivity contribution in [2.24, 2.45) is 5.92 Å². The maximum atomic E-state index is 11.6. The number of aliphatic carboxylic acids is 1. The van der Waals surface area contributed by atoms with Gasteiger partial charge in [0.25, 0.3) is 0 Å². The van der Waals surface area contributed by atoms with Gasteiger partial charge in [-0.05, 0) is 18.8 Å². The summed E-state index contributed by atoms with van der Waals surface area (Å²) in [5.41, 5.74) is 0. The van der Waals surface area contributed by atoms with Gasteiger partial charge in [0.15, 0.2) is 9.84 Å². The molecule has 2 atom stereocenters. The van der Waals surface area contributed by atoms with Gasteiger partial charge in [0.2, 0.25) is 0 Å². The molecule has 6 heteroatoms. The van der Waals surface area contributed by atoms with E-state index in [2.05, 4.69) is 5.32 Å². The van der Waals surface area contributed by atoms with Crippen LogP contribution in [0.3, 0.4) is 0 Å². The van der Waals surface area contributed by atoms with Crippen LogP contribution in [0.15, 0.2) is 0 Å². The molecule has 1 saturated heterocycles. The van der Waals surface area contributed by atoms with E-state index in [1.807, 2.05) is 0 Å². The van der Waals surface area contributed by atoms with Crippen LogP contribution in [0, 0.1) is 5.92 Å². The zero-order chi connectivity index (χ0) is 11.8. The summed E-state index contributed by atoms with van der Waals surface area (Å²) in [7, 11) is -3.21. The fourth-order valence-electron chi connectivity index (χ4n) is 2.72. The van der Waals surface area contributed by atoms with Gasteiger partial charge in [0.1, 0.15) is 6.04 Å². The van der Waals surface area contributed by atoms with Crippen molar-refractivity contribution in [1.29, 1.82) is 0 Å². The highest BCUT2D eigenvalue weighted by Crippen LogP contribution is 2.30. The smallest absolute Gasteiger partial charge is 0.321 e. The SMILES string of the molecule is O=C(O)C1CS(=O)(=O)CC(C2CCCC2)N1. The minimum atomic E-state index is -3.21. The van der Waals surface area contributed by atoms with Crippen LogP contribution in [0.4, 0.5) is 0 Å². The summed E-state index contributed by atoms with van der Waals surface area (Å²) in [5, 5.41) is 11.9. The first-order valence-electron chi connectivity index (χ1n) is 5.67. The van der Waals surface area contributed by atoms with E-state index in [1.54, 1.807) is 0 Å². The second-order valence-electron chi connectivity index (χ2n) is 4.79. The number of nitrogens with one attached hydrogen (secondary N) is 1. The van der Waals surface area contributed by atoms with Crippen molar-refractivity contribution in [3.63, 3.8) is 0 Å². The lowest BCUT2D eigenvalue weighted by Crippen LogP contribution is -2.57. The fraction of sp³-hybridized carbons (Fsp3) is 0.900. The maximum Gasteiger partial charge on any atom is 0.321 e. The number of carboxylic acid groups (broad SMARTS) is 1. The van der Waals surface area contributed by atoms with Gasteiger partial charge in [0, 0.05) is 6.04 Å². The Labute approximate surface area is 95.1 Å². The molecule has 0 radical (unpaired) electrons. The number of carbonyl (C=O) groups is 1. The minimum Gasteiger partial charge on any atom is -0.480 e. The third-order valence-corrected chi connectivity index (χ3v) is 5.24. The lowest BCUT2D eigenvalue weighted by Gasteiger charge is -2.32. The van der Waals surface area contributed by atoms with E-state index in [9.17, 15) is 13.2 Å². The summed E-state index contributed by atoms with van der Waals surface area (Å²) >= 11 is 0. The van der Waals surface area contributed by atoms with E-state index in [0.717, 1.165) is 25.7 Å². The Morgan fingerprint density at radius 1 is 1.19 bits per heavy atom. The predicted octanol–water partition coefficient (Wildman–Crippen LogP) is 0.0164. The van der Waals surface area contributed by atoms with Crippen LogP contribution >= 0.6 is 0 Å². The van der Waals surface area contributed by atoms with Crippen LogP contribution in [0.25, 0.3) is 0 Å². The predicted molar refractivity (Wildman–Crippen MR) is 59.0 cm³/mol. The van der Waals surface area contributed by atoms with Gasteiger partial charge in [-0.2, -0.15) is 0 Å². The van der Waals surface area contributed by atoms with Crippen LogP contribution in [0.5, 0.6) is 0 Å². The van der Waals surface area contributed by atoms with Crippen LogP contribution < -0.4 is 5.32 Å². The molecule has 0 amide bonds. The highest BCUT2D eigenvalue weighted by molar-refractivity contribution is 7.91. The number of rotatable bonds is 2. The Bertz CT molecular complexity index is 372. The monoisotopic (exact) mass is 247 g/mol. The zero-order valence-corrected chi connectivity index (χ0v) is 9.87. The summed E-state index contributed by atoms with van der Waals surface area (Å²) in [5.74, 6) is -0.907. The summed E-state index contributed by atoms with van der Waals surface area (Å²) in [6.45, 7) is 0. The normalized spacial score (nSPS) is 35.0. The van der Waals surface area contributed by atoms with E-state index in [0.29, 0.717) is 5.92 Å². The van der Waals surface area contributed by atoms with Crippen LogP contribution in [-0.4, -0.2) is 43.1 Å². The van der Waals surface area contributed by atoms with Gasteiger partial charge in [-0.1, -0.05) is 12.8 Å². The molecule has 1 aliphatic carbocycles. The average molecular weight is 247 g/mol. The Hall–Kier alpha value is -0.620. The summed E-state index contributed by atoms with van der Waals surface area (Å²) in [6.07, 6.45) is 4.28. The average Bonchev–Trinajstić information content (AvgIpc) is 2.67. The van der Waals surface area contributed by atoms with Gasteiger partial charge in [-0.15, -0.1) is 0 Å². The molecule has 2 rings (SSSR count). The number of carboxylic acids is 1. The Balaban J connectivity index is 2.11. The molecule has 0 bridgehead atoms. The molecule has 0 spiro atoms. The zero-order valence-electron chi connectivity index (χ0n) is 9.05. The molecule has 0 aromatic rings. The van der Waals surface area contributed by atoms with E-state index in [1.165, 1.54) is 0 Å². The van der Waals surface area contributed by atoms with Crippen LogP contribution in [-0.2, 0) is 14.6 Å². The maximum absolute atomic E-state index is 11.6. The lowest BCUT2D eigenvalue weighted by atomic mass is 9.98. The van der Waals surface area contributed by atoms with E-state index < -0.39 is 21.8 Å². The number of hydrogen-bond acceptors (Lipinski definition) is 4. The molecular weight excluding hydrogens is 230 g/mol. The third kappa shape index (κ3) is 2.55. The molecule has 2 fully saturated rings. The molecule has 16 heavy (non-hydrogen) atoms. The van der Waals surface area contributed by atoms with Gasteiger partial charge in [0.05, 0.1) is 11.5 Å². The molecular formula is C10H17NO4S. The second-order valence-corrected chi connectivity index (χ2v) is 6.94. The molecule has 1 aliphatic heterocycles.